The Balaban J connectivity index is 2.61. The summed E-state index contributed by atoms with van der Waals surface area (Å²) in [6.07, 6.45) is -7.34. The highest BCUT2D eigenvalue weighted by molar-refractivity contribution is 5.88. The van der Waals surface area contributed by atoms with Crippen molar-refractivity contribution in [3.63, 3.8) is 0 Å². The Morgan fingerprint density at radius 2 is 2.10 bits per heavy atom. The molecule has 0 aromatic carbocycles. The van der Waals surface area contributed by atoms with Crippen LogP contribution in [0.5, 0.6) is 0 Å². The summed E-state index contributed by atoms with van der Waals surface area (Å²) in [7, 11) is 0. The smallest absolute Gasteiger partial charge is 0.382 e. The van der Waals surface area contributed by atoms with Crippen molar-refractivity contribution in [1.82, 2.24) is 5.32 Å². The first kappa shape index (κ1) is 17.2. The zero-order valence-electron chi connectivity index (χ0n) is 11.8. The van der Waals surface area contributed by atoms with E-state index in [1.54, 1.807) is 13.8 Å². The third-order valence-electron chi connectivity index (χ3n) is 4.07. The van der Waals surface area contributed by atoms with E-state index in [1.165, 1.54) is 0 Å². The number of hydrogen-bond acceptors (Lipinski definition) is 4. The van der Waals surface area contributed by atoms with Crippen molar-refractivity contribution in [2.24, 2.45) is 11.1 Å². The lowest BCUT2D eigenvalue weighted by Gasteiger charge is -2.57. The number of carbonyl (C=O) groups is 1. The molecule has 0 aromatic heterocycles. The third kappa shape index (κ3) is 2.91. The normalized spacial score (nSPS) is 30.5. The average Bonchev–Trinajstić information content (AvgIpc) is 2.33. The first-order valence-corrected chi connectivity index (χ1v) is 6.40. The number of aliphatic hydroxyl groups is 1. The maximum Gasteiger partial charge on any atom is 0.416 e. The number of ether oxygens (including phenoxy) is 1. The van der Waals surface area contributed by atoms with E-state index in [0.717, 1.165) is 0 Å². The molecule has 1 fully saturated rings. The molecule has 0 radical (unpaired) electrons. The van der Waals surface area contributed by atoms with E-state index in [9.17, 15) is 18.0 Å². The van der Waals surface area contributed by atoms with Crippen LogP contribution in [0.15, 0.2) is 0 Å². The average molecular weight is 298 g/mol. The van der Waals surface area contributed by atoms with Gasteiger partial charge in [0.05, 0.1) is 12.6 Å². The molecule has 1 saturated carbocycles. The fourth-order valence-electron chi connectivity index (χ4n) is 2.28. The van der Waals surface area contributed by atoms with E-state index in [2.05, 4.69) is 5.32 Å². The van der Waals surface area contributed by atoms with Crippen molar-refractivity contribution in [1.29, 1.82) is 0 Å². The lowest BCUT2D eigenvalue weighted by molar-refractivity contribution is -0.203. The van der Waals surface area contributed by atoms with Crippen LogP contribution in [-0.2, 0) is 9.53 Å². The molecule has 0 aromatic rings. The molecule has 3 atom stereocenters. The number of halogens is 3. The zero-order valence-corrected chi connectivity index (χ0v) is 11.8. The Labute approximate surface area is 115 Å². The molecule has 1 aliphatic carbocycles. The Hall–Kier alpha value is -0.860. The van der Waals surface area contributed by atoms with Crippen LogP contribution >= 0.6 is 0 Å². The van der Waals surface area contributed by atoms with E-state index in [-0.39, 0.29) is 12.5 Å². The number of alkyl halides is 3. The summed E-state index contributed by atoms with van der Waals surface area (Å²) in [5.74, 6) is -0.707. The van der Waals surface area contributed by atoms with Gasteiger partial charge in [0.25, 0.3) is 0 Å². The summed E-state index contributed by atoms with van der Waals surface area (Å²) in [4.78, 5) is 12.0. The Bertz CT molecular complexity index is 373. The molecule has 0 spiro atoms. The predicted molar refractivity (Wildman–Crippen MR) is 65.8 cm³/mol. The van der Waals surface area contributed by atoms with Crippen LogP contribution in [0.25, 0.3) is 0 Å². The number of aliphatic hydroxyl groups excluding tert-OH is 1. The van der Waals surface area contributed by atoms with E-state index in [0.29, 0.717) is 6.61 Å². The number of amides is 1. The van der Waals surface area contributed by atoms with Crippen LogP contribution in [0.4, 0.5) is 13.2 Å². The Morgan fingerprint density at radius 3 is 2.50 bits per heavy atom. The van der Waals surface area contributed by atoms with Gasteiger partial charge in [-0.1, -0.05) is 13.8 Å². The molecule has 118 valence electrons. The highest BCUT2D eigenvalue weighted by Gasteiger charge is 2.62. The van der Waals surface area contributed by atoms with Gasteiger partial charge in [0, 0.05) is 18.4 Å². The highest BCUT2D eigenvalue weighted by Crippen LogP contribution is 2.49. The number of hydrogen-bond donors (Lipinski definition) is 3. The molecule has 0 aliphatic heterocycles. The summed E-state index contributed by atoms with van der Waals surface area (Å²) in [6.45, 7) is 4.84. The maximum atomic E-state index is 12.2. The van der Waals surface area contributed by atoms with Gasteiger partial charge in [-0.05, 0) is 6.92 Å². The molecule has 0 bridgehead atoms. The quantitative estimate of drug-likeness (QED) is 0.692. The molecule has 1 amide bonds. The van der Waals surface area contributed by atoms with Crippen LogP contribution in [0.3, 0.4) is 0 Å². The largest absolute Gasteiger partial charge is 0.416 e. The minimum atomic E-state index is -4.77. The van der Waals surface area contributed by atoms with Gasteiger partial charge >= 0.3 is 6.18 Å². The molecule has 1 rings (SSSR count). The lowest BCUT2D eigenvalue weighted by atomic mass is 9.54. The fourth-order valence-corrected chi connectivity index (χ4v) is 2.28. The third-order valence-corrected chi connectivity index (χ3v) is 4.07. The van der Waals surface area contributed by atoms with Crippen molar-refractivity contribution in [2.75, 3.05) is 13.2 Å². The fraction of sp³-hybridized carbons (Fsp3) is 0.917. The number of nitrogens with two attached hydrogens (primary N) is 1. The molecule has 20 heavy (non-hydrogen) atoms. The maximum absolute atomic E-state index is 12.2. The Kier molecular flexibility index (Phi) is 4.72. The van der Waals surface area contributed by atoms with Gasteiger partial charge in [-0.25, -0.2) is 0 Å². The van der Waals surface area contributed by atoms with Crippen LogP contribution in [0, 0.1) is 5.41 Å². The van der Waals surface area contributed by atoms with E-state index < -0.39 is 35.7 Å². The van der Waals surface area contributed by atoms with Crippen molar-refractivity contribution >= 4 is 5.91 Å². The van der Waals surface area contributed by atoms with Crippen LogP contribution < -0.4 is 11.1 Å². The van der Waals surface area contributed by atoms with Crippen molar-refractivity contribution in [3.8, 4) is 0 Å². The Morgan fingerprint density at radius 1 is 1.55 bits per heavy atom. The molecular weight excluding hydrogens is 277 g/mol. The lowest BCUT2D eigenvalue weighted by Crippen LogP contribution is -2.76. The summed E-state index contributed by atoms with van der Waals surface area (Å²) < 4.78 is 41.9. The zero-order chi connectivity index (χ0) is 15.8. The summed E-state index contributed by atoms with van der Waals surface area (Å²) in [5, 5.41) is 10.9. The van der Waals surface area contributed by atoms with Crippen LogP contribution in [0.2, 0.25) is 0 Å². The number of carbonyl (C=O) groups excluding carboxylic acids is 1. The molecule has 8 heteroatoms. The molecular formula is C12H21F3N2O3. The van der Waals surface area contributed by atoms with Crippen molar-refractivity contribution in [2.45, 2.75) is 51.1 Å². The minimum Gasteiger partial charge on any atom is -0.382 e. The SMILES string of the molecule is CCOC1CC(N)(C(=O)NCC(O)C(F)(F)F)C1(C)C. The van der Waals surface area contributed by atoms with Gasteiger partial charge in [0.1, 0.15) is 5.54 Å². The first-order valence-electron chi connectivity index (χ1n) is 6.40. The van der Waals surface area contributed by atoms with Gasteiger partial charge in [-0.3, -0.25) is 4.79 Å². The standard InChI is InChI=1S/C12H21F3N2O3/c1-4-20-8-5-11(16,10(8,2)3)9(19)17-6-7(18)12(13,14)15/h7-8,18H,4-6,16H2,1-3H3,(H,17,19). The van der Waals surface area contributed by atoms with Gasteiger partial charge in [0.2, 0.25) is 5.91 Å². The summed E-state index contributed by atoms with van der Waals surface area (Å²) in [6, 6.07) is 0. The highest BCUT2D eigenvalue weighted by atomic mass is 19.4. The second-order valence-corrected chi connectivity index (χ2v) is 5.61. The summed E-state index contributed by atoms with van der Waals surface area (Å²) in [5.41, 5.74) is 4.01. The minimum absolute atomic E-state index is 0.212. The van der Waals surface area contributed by atoms with E-state index >= 15 is 0 Å². The van der Waals surface area contributed by atoms with Gasteiger partial charge < -0.3 is 20.9 Å². The van der Waals surface area contributed by atoms with Crippen LogP contribution in [-0.4, -0.2) is 48.1 Å². The van der Waals surface area contributed by atoms with Gasteiger partial charge in [-0.15, -0.1) is 0 Å². The number of nitrogens with one attached hydrogen (secondary N) is 1. The molecule has 0 saturated heterocycles. The first-order chi connectivity index (χ1) is 8.96. The molecule has 0 heterocycles. The molecule has 5 nitrogen and oxygen atoms in total. The second kappa shape index (κ2) is 5.50. The topological polar surface area (TPSA) is 84.6 Å². The predicted octanol–water partition coefficient (Wildman–Crippen LogP) is 0.558. The summed E-state index contributed by atoms with van der Waals surface area (Å²) >= 11 is 0. The van der Waals surface area contributed by atoms with Gasteiger partial charge in [-0.2, -0.15) is 13.2 Å². The van der Waals surface area contributed by atoms with E-state index in [4.69, 9.17) is 15.6 Å². The van der Waals surface area contributed by atoms with E-state index in [1.807, 2.05) is 6.92 Å². The second-order valence-electron chi connectivity index (χ2n) is 5.61. The molecule has 4 N–H and O–H groups in total. The molecule has 3 unspecified atom stereocenters. The monoisotopic (exact) mass is 298 g/mol. The van der Waals surface area contributed by atoms with Crippen LogP contribution in [0.1, 0.15) is 27.2 Å². The van der Waals surface area contributed by atoms with Gasteiger partial charge in [0.15, 0.2) is 6.10 Å². The number of rotatable bonds is 5. The molecule has 1 aliphatic rings. The van der Waals surface area contributed by atoms with Crippen molar-refractivity contribution in [3.05, 3.63) is 0 Å². The van der Waals surface area contributed by atoms with Crippen molar-refractivity contribution < 1.29 is 27.8 Å².